The van der Waals surface area contributed by atoms with Crippen LogP contribution in [0.25, 0.3) is 0 Å². The fourth-order valence-electron chi connectivity index (χ4n) is 1.85. The summed E-state index contributed by atoms with van der Waals surface area (Å²) in [6, 6.07) is 19.1. The highest BCUT2D eigenvalue weighted by molar-refractivity contribution is 6.02. The number of oxime groups is 1. The van der Waals surface area contributed by atoms with E-state index < -0.39 is 6.29 Å². The standard InChI is InChI=1S/C16H17NO3/c1-19-16(20-12-13-8-4-2-5-9-13)15(17-18)14-10-6-3-7-11-14/h2-11,16,18H,12H2,1H3/b17-15+. The number of methoxy groups -OCH3 is 1. The highest BCUT2D eigenvalue weighted by Crippen LogP contribution is 2.11. The molecule has 0 bridgehead atoms. The van der Waals surface area contributed by atoms with E-state index in [4.69, 9.17) is 9.47 Å². The minimum Gasteiger partial charge on any atom is -0.410 e. The molecule has 0 radical (unpaired) electrons. The summed E-state index contributed by atoms with van der Waals surface area (Å²) in [6.45, 7) is 0.380. The minimum absolute atomic E-state index is 0.351. The highest BCUT2D eigenvalue weighted by Gasteiger charge is 2.18. The van der Waals surface area contributed by atoms with Crippen LogP contribution in [0, 0.1) is 0 Å². The summed E-state index contributed by atoms with van der Waals surface area (Å²) < 4.78 is 10.9. The molecule has 20 heavy (non-hydrogen) atoms. The number of rotatable bonds is 6. The van der Waals surface area contributed by atoms with Crippen LogP contribution in [-0.4, -0.2) is 24.3 Å². The van der Waals surface area contributed by atoms with Crippen LogP contribution in [0.5, 0.6) is 0 Å². The van der Waals surface area contributed by atoms with E-state index in [2.05, 4.69) is 5.16 Å². The smallest absolute Gasteiger partial charge is 0.205 e. The van der Waals surface area contributed by atoms with Crippen molar-refractivity contribution in [3.05, 3.63) is 71.8 Å². The average Bonchev–Trinajstić information content (AvgIpc) is 2.53. The van der Waals surface area contributed by atoms with E-state index in [0.29, 0.717) is 12.3 Å². The normalized spacial score (nSPS) is 13.2. The number of benzene rings is 2. The second-order valence-corrected chi connectivity index (χ2v) is 4.22. The average molecular weight is 271 g/mol. The zero-order chi connectivity index (χ0) is 14.2. The summed E-state index contributed by atoms with van der Waals surface area (Å²) in [7, 11) is 1.52. The molecular formula is C16H17NO3. The van der Waals surface area contributed by atoms with Gasteiger partial charge in [-0.25, -0.2) is 0 Å². The predicted molar refractivity (Wildman–Crippen MR) is 76.8 cm³/mol. The molecule has 2 aromatic rings. The molecule has 0 saturated heterocycles. The summed E-state index contributed by atoms with van der Waals surface area (Å²) in [5.41, 5.74) is 2.14. The largest absolute Gasteiger partial charge is 0.410 e. The quantitative estimate of drug-likeness (QED) is 0.380. The first-order valence-electron chi connectivity index (χ1n) is 6.31. The Labute approximate surface area is 118 Å². The Morgan fingerprint density at radius 3 is 2.20 bits per heavy atom. The molecule has 1 N–H and O–H groups in total. The molecule has 1 atom stereocenters. The van der Waals surface area contributed by atoms with E-state index in [1.54, 1.807) is 0 Å². The lowest BCUT2D eigenvalue weighted by molar-refractivity contribution is -0.0857. The number of hydrogen-bond donors (Lipinski definition) is 1. The molecule has 4 nitrogen and oxygen atoms in total. The van der Waals surface area contributed by atoms with Gasteiger partial charge in [-0.1, -0.05) is 65.8 Å². The lowest BCUT2D eigenvalue weighted by Crippen LogP contribution is -2.27. The maximum Gasteiger partial charge on any atom is 0.205 e. The first kappa shape index (κ1) is 14.2. The van der Waals surface area contributed by atoms with Gasteiger partial charge in [0.25, 0.3) is 0 Å². The summed E-state index contributed by atoms with van der Waals surface area (Å²) in [4.78, 5) is 0. The van der Waals surface area contributed by atoms with Gasteiger partial charge in [-0.15, -0.1) is 0 Å². The monoisotopic (exact) mass is 271 g/mol. The van der Waals surface area contributed by atoms with Crippen molar-refractivity contribution in [2.75, 3.05) is 7.11 Å². The topological polar surface area (TPSA) is 51.0 Å². The van der Waals surface area contributed by atoms with Crippen LogP contribution in [0.1, 0.15) is 11.1 Å². The van der Waals surface area contributed by atoms with Crippen molar-refractivity contribution in [2.24, 2.45) is 5.16 Å². The Bertz CT molecular complexity index is 540. The van der Waals surface area contributed by atoms with Crippen LogP contribution >= 0.6 is 0 Å². The Balaban J connectivity index is 2.07. The summed E-state index contributed by atoms with van der Waals surface area (Å²) in [5.74, 6) is 0. The fourth-order valence-corrected chi connectivity index (χ4v) is 1.85. The number of nitrogens with zero attached hydrogens (tertiary/aromatic N) is 1. The molecule has 2 rings (SSSR count). The maximum absolute atomic E-state index is 9.21. The highest BCUT2D eigenvalue weighted by atomic mass is 16.7. The molecule has 4 heteroatoms. The van der Waals surface area contributed by atoms with E-state index in [-0.39, 0.29) is 0 Å². The molecule has 0 aliphatic heterocycles. The Kier molecular flexibility index (Phi) is 5.29. The van der Waals surface area contributed by atoms with Crippen molar-refractivity contribution >= 4 is 5.71 Å². The summed E-state index contributed by atoms with van der Waals surface area (Å²) >= 11 is 0. The summed E-state index contributed by atoms with van der Waals surface area (Å²) in [5, 5.41) is 12.5. The van der Waals surface area contributed by atoms with Gasteiger partial charge in [0.2, 0.25) is 6.29 Å². The van der Waals surface area contributed by atoms with Crippen LogP contribution < -0.4 is 0 Å². The van der Waals surface area contributed by atoms with Gasteiger partial charge in [0.1, 0.15) is 5.71 Å². The predicted octanol–water partition coefficient (Wildman–Crippen LogP) is 3.05. The number of ether oxygens (including phenoxy) is 2. The Morgan fingerprint density at radius 2 is 1.65 bits per heavy atom. The fraction of sp³-hybridized carbons (Fsp3) is 0.188. The molecule has 0 amide bonds. The van der Waals surface area contributed by atoms with Crippen LogP contribution in [0.3, 0.4) is 0 Å². The third-order valence-electron chi connectivity index (χ3n) is 2.86. The van der Waals surface area contributed by atoms with Gasteiger partial charge in [-0.05, 0) is 5.56 Å². The maximum atomic E-state index is 9.21. The van der Waals surface area contributed by atoms with E-state index in [1.165, 1.54) is 7.11 Å². The van der Waals surface area contributed by atoms with E-state index >= 15 is 0 Å². The molecule has 104 valence electrons. The van der Waals surface area contributed by atoms with Gasteiger partial charge < -0.3 is 14.7 Å². The molecule has 0 aromatic heterocycles. The van der Waals surface area contributed by atoms with Crippen molar-refractivity contribution in [1.29, 1.82) is 0 Å². The molecule has 0 aliphatic carbocycles. The SMILES string of the molecule is COC(OCc1ccccc1)/C(=N/O)c1ccccc1. The molecule has 0 spiro atoms. The first-order chi connectivity index (χ1) is 9.85. The molecular weight excluding hydrogens is 254 g/mol. The van der Waals surface area contributed by atoms with Gasteiger partial charge in [-0.3, -0.25) is 0 Å². The minimum atomic E-state index is -0.720. The van der Waals surface area contributed by atoms with Crippen LogP contribution in [-0.2, 0) is 16.1 Å². The summed E-state index contributed by atoms with van der Waals surface area (Å²) in [6.07, 6.45) is -0.720. The van der Waals surface area contributed by atoms with Gasteiger partial charge in [0.05, 0.1) is 6.61 Å². The molecule has 0 heterocycles. The molecule has 0 aliphatic rings. The second kappa shape index (κ2) is 7.43. The third kappa shape index (κ3) is 3.66. The van der Waals surface area contributed by atoms with Crippen molar-refractivity contribution in [3.8, 4) is 0 Å². The zero-order valence-electron chi connectivity index (χ0n) is 11.3. The van der Waals surface area contributed by atoms with Gasteiger partial charge in [0.15, 0.2) is 0 Å². The van der Waals surface area contributed by atoms with E-state index in [9.17, 15) is 5.21 Å². The van der Waals surface area contributed by atoms with Crippen molar-refractivity contribution < 1.29 is 14.7 Å². The first-order valence-corrected chi connectivity index (χ1v) is 6.31. The lowest BCUT2D eigenvalue weighted by atomic mass is 10.1. The van der Waals surface area contributed by atoms with E-state index in [1.807, 2.05) is 60.7 Å². The van der Waals surface area contributed by atoms with Crippen LogP contribution in [0.15, 0.2) is 65.8 Å². The van der Waals surface area contributed by atoms with Crippen molar-refractivity contribution in [1.82, 2.24) is 0 Å². The van der Waals surface area contributed by atoms with Crippen molar-refractivity contribution in [3.63, 3.8) is 0 Å². The molecule has 1 unspecified atom stereocenters. The van der Waals surface area contributed by atoms with E-state index in [0.717, 1.165) is 11.1 Å². The Hall–Kier alpha value is -2.17. The number of hydrogen-bond acceptors (Lipinski definition) is 4. The molecule has 2 aromatic carbocycles. The van der Waals surface area contributed by atoms with Gasteiger partial charge in [-0.2, -0.15) is 0 Å². The zero-order valence-corrected chi connectivity index (χ0v) is 11.3. The van der Waals surface area contributed by atoms with Crippen molar-refractivity contribution in [2.45, 2.75) is 12.9 Å². The third-order valence-corrected chi connectivity index (χ3v) is 2.86. The molecule has 0 saturated carbocycles. The van der Waals surface area contributed by atoms with Crippen LogP contribution in [0.4, 0.5) is 0 Å². The lowest BCUT2D eigenvalue weighted by Gasteiger charge is -2.17. The second-order valence-electron chi connectivity index (χ2n) is 4.22. The van der Waals surface area contributed by atoms with Gasteiger partial charge in [0, 0.05) is 12.7 Å². The van der Waals surface area contributed by atoms with Crippen LogP contribution in [0.2, 0.25) is 0 Å². The Morgan fingerprint density at radius 1 is 1.05 bits per heavy atom. The van der Waals surface area contributed by atoms with Gasteiger partial charge >= 0.3 is 0 Å². The molecule has 0 fully saturated rings.